The van der Waals surface area contributed by atoms with Gasteiger partial charge in [0.05, 0.1) is 5.60 Å². The van der Waals surface area contributed by atoms with E-state index in [2.05, 4.69) is 19.9 Å². The Kier molecular flexibility index (Phi) is 3.55. The van der Waals surface area contributed by atoms with Gasteiger partial charge in [-0.3, -0.25) is 0 Å². The van der Waals surface area contributed by atoms with Gasteiger partial charge in [0.1, 0.15) is 0 Å². The van der Waals surface area contributed by atoms with Gasteiger partial charge in [0.15, 0.2) is 0 Å². The lowest BCUT2D eigenvalue weighted by molar-refractivity contribution is -0.0135. The van der Waals surface area contributed by atoms with Crippen molar-refractivity contribution in [3.8, 4) is 0 Å². The van der Waals surface area contributed by atoms with E-state index in [1.807, 2.05) is 6.92 Å². The van der Waals surface area contributed by atoms with Gasteiger partial charge in [0.2, 0.25) is 0 Å². The highest BCUT2D eigenvalue weighted by Crippen LogP contribution is 2.34. The number of hydrogen-bond acceptors (Lipinski definition) is 1. The van der Waals surface area contributed by atoms with Crippen LogP contribution in [-0.2, 0) is 0 Å². The minimum absolute atomic E-state index is 0.439. The molecule has 0 amide bonds. The van der Waals surface area contributed by atoms with E-state index < -0.39 is 5.60 Å². The van der Waals surface area contributed by atoms with Gasteiger partial charge in [0.25, 0.3) is 0 Å². The van der Waals surface area contributed by atoms with Crippen molar-refractivity contribution >= 4 is 0 Å². The first-order valence-electron chi connectivity index (χ1n) is 5.44. The third kappa shape index (κ3) is 2.84. The van der Waals surface area contributed by atoms with Crippen molar-refractivity contribution in [2.45, 2.75) is 58.5 Å². The molecule has 0 bridgehead atoms. The van der Waals surface area contributed by atoms with Gasteiger partial charge in [-0.15, -0.1) is 0 Å². The molecule has 1 nitrogen and oxygen atoms in total. The first kappa shape index (κ1) is 10.8. The van der Waals surface area contributed by atoms with Crippen LogP contribution >= 0.6 is 0 Å². The molecule has 1 aliphatic rings. The fraction of sp³-hybridized carbons (Fsp3) is 0.833. The zero-order chi connectivity index (χ0) is 9.90. The standard InChI is InChI=1S/C12H22O/c1-4-9-12(3,13)11-7-5-10(2)6-8-11/h5,11,13H,4,6-9H2,1-3H3. The van der Waals surface area contributed by atoms with Crippen LogP contribution in [0.5, 0.6) is 0 Å². The van der Waals surface area contributed by atoms with Crippen molar-refractivity contribution in [3.05, 3.63) is 11.6 Å². The lowest BCUT2D eigenvalue weighted by atomic mass is 9.77. The van der Waals surface area contributed by atoms with E-state index in [1.54, 1.807) is 0 Å². The molecule has 0 aromatic rings. The second kappa shape index (κ2) is 4.28. The van der Waals surface area contributed by atoms with Crippen LogP contribution in [0.2, 0.25) is 0 Å². The molecule has 0 aromatic heterocycles. The maximum atomic E-state index is 10.2. The first-order chi connectivity index (χ1) is 6.06. The van der Waals surface area contributed by atoms with Crippen LogP contribution in [0.25, 0.3) is 0 Å². The molecule has 0 saturated heterocycles. The quantitative estimate of drug-likeness (QED) is 0.664. The Morgan fingerprint density at radius 1 is 1.62 bits per heavy atom. The highest BCUT2D eigenvalue weighted by molar-refractivity contribution is 5.05. The lowest BCUT2D eigenvalue weighted by Crippen LogP contribution is -2.35. The van der Waals surface area contributed by atoms with E-state index in [1.165, 1.54) is 12.0 Å². The molecule has 0 spiro atoms. The second-order valence-corrected chi connectivity index (χ2v) is 4.63. The van der Waals surface area contributed by atoms with Crippen molar-refractivity contribution in [1.29, 1.82) is 0 Å². The third-order valence-corrected chi connectivity index (χ3v) is 3.27. The minimum Gasteiger partial charge on any atom is -0.390 e. The van der Waals surface area contributed by atoms with Crippen LogP contribution in [0.15, 0.2) is 11.6 Å². The fourth-order valence-electron chi connectivity index (χ4n) is 2.24. The van der Waals surface area contributed by atoms with E-state index >= 15 is 0 Å². The Hall–Kier alpha value is -0.300. The number of rotatable bonds is 3. The summed E-state index contributed by atoms with van der Waals surface area (Å²) in [7, 11) is 0. The molecule has 2 unspecified atom stereocenters. The number of aliphatic hydroxyl groups is 1. The monoisotopic (exact) mass is 182 g/mol. The van der Waals surface area contributed by atoms with Gasteiger partial charge in [0, 0.05) is 0 Å². The van der Waals surface area contributed by atoms with Crippen molar-refractivity contribution in [3.63, 3.8) is 0 Å². The molecule has 1 N–H and O–H groups in total. The normalized spacial score (nSPS) is 28.0. The Balaban J connectivity index is 2.53. The smallest absolute Gasteiger partial charge is 0.0650 e. The maximum absolute atomic E-state index is 10.2. The van der Waals surface area contributed by atoms with Crippen LogP contribution in [0.4, 0.5) is 0 Å². The Morgan fingerprint density at radius 3 is 2.77 bits per heavy atom. The molecule has 1 aliphatic carbocycles. The summed E-state index contributed by atoms with van der Waals surface area (Å²) in [6.45, 7) is 6.32. The van der Waals surface area contributed by atoms with Crippen molar-refractivity contribution in [1.82, 2.24) is 0 Å². The molecule has 2 atom stereocenters. The van der Waals surface area contributed by atoms with Crippen LogP contribution in [0, 0.1) is 5.92 Å². The zero-order valence-corrected chi connectivity index (χ0v) is 9.14. The lowest BCUT2D eigenvalue weighted by Gasteiger charge is -2.34. The maximum Gasteiger partial charge on any atom is 0.0650 e. The van der Waals surface area contributed by atoms with Gasteiger partial charge < -0.3 is 5.11 Å². The summed E-state index contributed by atoms with van der Waals surface area (Å²) in [5, 5.41) is 10.2. The van der Waals surface area contributed by atoms with E-state index in [4.69, 9.17) is 0 Å². The predicted molar refractivity (Wildman–Crippen MR) is 56.6 cm³/mol. The topological polar surface area (TPSA) is 20.2 Å². The molecule has 1 rings (SSSR count). The van der Waals surface area contributed by atoms with Crippen molar-refractivity contribution < 1.29 is 5.11 Å². The minimum atomic E-state index is -0.439. The average Bonchev–Trinajstić information content (AvgIpc) is 2.05. The Labute approximate surface area is 81.9 Å². The van der Waals surface area contributed by atoms with Gasteiger partial charge in [-0.1, -0.05) is 25.0 Å². The molecular formula is C12H22O. The molecule has 76 valence electrons. The molecule has 0 saturated carbocycles. The van der Waals surface area contributed by atoms with E-state index in [0.29, 0.717) is 5.92 Å². The average molecular weight is 182 g/mol. The van der Waals surface area contributed by atoms with Crippen LogP contribution in [0.3, 0.4) is 0 Å². The highest BCUT2D eigenvalue weighted by atomic mass is 16.3. The van der Waals surface area contributed by atoms with Crippen LogP contribution < -0.4 is 0 Å². The summed E-state index contributed by atoms with van der Waals surface area (Å²) in [6, 6.07) is 0. The second-order valence-electron chi connectivity index (χ2n) is 4.63. The largest absolute Gasteiger partial charge is 0.390 e. The summed E-state index contributed by atoms with van der Waals surface area (Å²) >= 11 is 0. The fourth-order valence-corrected chi connectivity index (χ4v) is 2.24. The van der Waals surface area contributed by atoms with E-state index in [0.717, 1.165) is 25.7 Å². The molecule has 13 heavy (non-hydrogen) atoms. The highest BCUT2D eigenvalue weighted by Gasteiger charge is 2.31. The molecule has 0 fully saturated rings. The SMILES string of the molecule is CCCC(C)(O)C1CC=C(C)CC1. The summed E-state index contributed by atoms with van der Waals surface area (Å²) in [6.07, 6.45) is 7.70. The Morgan fingerprint density at radius 2 is 2.31 bits per heavy atom. The molecule has 0 aromatic carbocycles. The van der Waals surface area contributed by atoms with E-state index in [9.17, 15) is 5.11 Å². The molecule has 0 heterocycles. The van der Waals surface area contributed by atoms with Gasteiger partial charge in [-0.2, -0.15) is 0 Å². The zero-order valence-electron chi connectivity index (χ0n) is 9.14. The van der Waals surface area contributed by atoms with Gasteiger partial charge in [-0.25, -0.2) is 0 Å². The molecule has 0 aliphatic heterocycles. The number of hydrogen-bond donors (Lipinski definition) is 1. The Bertz CT molecular complexity index is 191. The van der Waals surface area contributed by atoms with Gasteiger partial charge in [-0.05, 0) is 45.4 Å². The summed E-state index contributed by atoms with van der Waals surface area (Å²) < 4.78 is 0. The van der Waals surface area contributed by atoms with Crippen molar-refractivity contribution in [2.75, 3.05) is 0 Å². The van der Waals surface area contributed by atoms with Crippen molar-refractivity contribution in [2.24, 2.45) is 5.92 Å². The van der Waals surface area contributed by atoms with Gasteiger partial charge >= 0.3 is 0 Å². The molecular weight excluding hydrogens is 160 g/mol. The summed E-state index contributed by atoms with van der Waals surface area (Å²) in [5.74, 6) is 0.483. The predicted octanol–water partition coefficient (Wildman–Crippen LogP) is 3.28. The third-order valence-electron chi connectivity index (χ3n) is 3.27. The van der Waals surface area contributed by atoms with Crippen LogP contribution in [-0.4, -0.2) is 10.7 Å². The molecule has 0 radical (unpaired) electrons. The van der Waals surface area contributed by atoms with Crippen LogP contribution in [0.1, 0.15) is 52.9 Å². The van der Waals surface area contributed by atoms with E-state index in [-0.39, 0.29) is 0 Å². The molecule has 1 heteroatoms. The summed E-state index contributed by atoms with van der Waals surface area (Å²) in [5.41, 5.74) is 1.05. The summed E-state index contributed by atoms with van der Waals surface area (Å²) in [4.78, 5) is 0. The first-order valence-corrected chi connectivity index (χ1v) is 5.44. The number of allylic oxidation sites excluding steroid dienone is 2.